The number of halogens is 3. The summed E-state index contributed by atoms with van der Waals surface area (Å²) in [5, 5.41) is 3.65. The first-order chi connectivity index (χ1) is 11.0. The summed E-state index contributed by atoms with van der Waals surface area (Å²) >= 11 is 16.9. The van der Waals surface area contributed by atoms with Crippen molar-refractivity contribution in [2.75, 3.05) is 5.32 Å². The van der Waals surface area contributed by atoms with Crippen LogP contribution in [0.2, 0.25) is 10.0 Å². The number of carbonyl (C=O) groups excluding carboxylic acids is 1. The maximum Gasteiger partial charge on any atom is 0.242 e. The molecule has 2 aromatic rings. The minimum absolute atomic E-state index is 0.124. The van der Waals surface area contributed by atoms with Crippen molar-refractivity contribution in [2.24, 2.45) is 0 Å². The number of nitrogens with one attached hydrogen (secondary N) is 3. The van der Waals surface area contributed by atoms with E-state index in [0.717, 1.165) is 0 Å². The number of anilines is 1. The van der Waals surface area contributed by atoms with E-state index in [1.807, 2.05) is 0 Å². The SMILES string of the molecule is O=C(Cc1c(F)cccc1Cl)NNC(=S)Nc1ccccc1Cl. The maximum absolute atomic E-state index is 13.6. The zero-order valence-electron chi connectivity index (χ0n) is 11.7. The smallest absolute Gasteiger partial charge is 0.242 e. The molecule has 23 heavy (non-hydrogen) atoms. The molecule has 0 unspecified atom stereocenters. The highest BCUT2D eigenvalue weighted by atomic mass is 35.5. The fourth-order valence-corrected chi connectivity index (χ4v) is 2.32. The highest BCUT2D eigenvalue weighted by Gasteiger charge is 2.12. The molecule has 4 nitrogen and oxygen atoms in total. The van der Waals surface area contributed by atoms with Gasteiger partial charge >= 0.3 is 0 Å². The van der Waals surface area contributed by atoms with Gasteiger partial charge in [-0.1, -0.05) is 41.4 Å². The molecule has 0 atom stereocenters. The first kappa shape index (κ1) is 17.5. The lowest BCUT2D eigenvalue weighted by molar-refractivity contribution is -0.121. The minimum atomic E-state index is -0.538. The van der Waals surface area contributed by atoms with Crippen LogP contribution in [-0.4, -0.2) is 11.0 Å². The van der Waals surface area contributed by atoms with Crippen LogP contribution in [-0.2, 0) is 11.2 Å². The normalized spacial score (nSPS) is 10.0. The molecule has 0 saturated heterocycles. The Hall–Kier alpha value is -1.89. The Morgan fingerprint density at radius 3 is 2.43 bits per heavy atom. The predicted octanol–water partition coefficient (Wildman–Crippen LogP) is 3.69. The molecule has 0 saturated carbocycles. The van der Waals surface area contributed by atoms with Gasteiger partial charge in [0.15, 0.2) is 5.11 Å². The van der Waals surface area contributed by atoms with Gasteiger partial charge in [0.2, 0.25) is 5.91 Å². The Morgan fingerprint density at radius 1 is 1.04 bits per heavy atom. The van der Waals surface area contributed by atoms with Crippen LogP contribution >= 0.6 is 35.4 Å². The molecule has 0 radical (unpaired) electrons. The molecular formula is C15H12Cl2FN3OS. The van der Waals surface area contributed by atoms with Crippen molar-refractivity contribution in [3.05, 3.63) is 63.9 Å². The lowest BCUT2D eigenvalue weighted by atomic mass is 10.1. The molecule has 2 aromatic carbocycles. The number of rotatable bonds is 3. The summed E-state index contributed by atoms with van der Waals surface area (Å²) in [6, 6.07) is 11.2. The van der Waals surface area contributed by atoms with Crippen LogP contribution in [0.4, 0.5) is 10.1 Å². The summed E-state index contributed by atoms with van der Waals surface area (Å²) in [6.45, 7) is 0. The Morgan fingerprint density at radius 2 is 1.74 bits per heavy atom. The molecular weight excluding hydrogens is 360 g/mol. The second-order valence-electron chi connectivity index (χ2n) is 4.48. The van der Waals surface area contributed by atoms with Gasteiger partial charge < -0.3 is 5.32 Å². The Balaban J connectivity index is 1.87. The number of hydrogen-bond acceptors (Lipinski definition) is 2. The topological polar surface area (TPSA) is 53.2 Å². The maximum atomic E-state index is 13.6. The lowest BCUT2D eigenvalue weighted by Crippen LogP contribution is -2.44. The van der Waals surface area contributed by atoms with Crippen LogP contribution in [0.15, 0.2) is 42.5 Å². The lowest BCUT2D eigenvalue weighted by Gasteiger charge is -2.13. The number of thiocarbonyl (C=S) groups is 1. The Bertz CT molecular complexity index is 722. The first-order valence-corrected chi connectivity index (χ1v) is 7.67. The molecule has 0 heterocycles. The third kappa shape index (κ3) is 5.06. The van der Waals surface area contributed by atoms with E-state index in [0.29, 0.717) is 10.7 Å². The fraction of sp³-hybridized carbons (Fsp3) is 0.0667. The van der Waals surface area contributed by atoms with Crippen molar-refractivity contribution < 1.29 is 9.18 Å². The number of benzene rings is 2. The average Bonchev–Trinajstić information content (AvgIpc) is 2.51. The van der Waals surface area contributed by atoms with E-state index in [1.54, 1.807) is 24.3 Å². The van der Waals surface area contributed by atoms with Gasteiger partial charge in [-0.05, 0) is 36.5 Å². The van der Waals surface area contributed by atoms with Gasteiger partial charge in [0.05, 0.1) is 17.1 Å². The zero-order valence-corrected chi connectivity index (χ0v) is 14.0. The second-order valence-corrected chi connectivity index (χ2v) is 5.71. The van der Waals surface area contributed by atoms with E-state index in [4.69, 9.17) is 35.4 Å². The van der Waals surface area contributed by atoms with Crippen molar-refractivity contribution in [3.8, 4) is 0 Å². The van der Waals surface area contributed by atoms with Crippen molar-refractivity contribution in [1.82, 2.24) is 10.9 Å². The van der Waals surface area contributed by atoms with E-state index < -0.39 is 11.7 Å². The summed E-state index contributed by atoms with van der Waals surface area (Å²) in [5.41, 5.74) is 5.60. The summed E-state index contributed by atoms with van der Waals surface area (Å²) in [6.07, 6.45) is -0.215. The van der Waals surface area contributed by atoms with Crippen molar-refractivity contribution in [3.63, 3.8) is 0 Å². The Kier molecular flexibility index (Phi) is 6.15. The van der Waals surface area contributed by atoms with Gasteiger partial charge in [0, 0.05) is 10.6 Å². The van der Waals surface area contributed by atoms with Crippen LogP contribution in [0, 0.1) is 5.82 Å². The molecule has 8 heteroatoms. The largest absolute Gasteiger partial charge is 0.330 e. The molecule has 0 fully saturated rings. The predicted molar refractivity (Wildman–Crippen MR) is 94.1 cm³/mol. The molecule has 1 amide bonds. The number of amides is 1. The quantitative estimate of drug-likeness (QED) is 0.568. The van der Waals surface area contributed by atoms with Crippen molar-refractivity contribution in [2.45, 2.75) is 6.42 Å². The minimum Gasteiger partial charge on any atom is -0.330 e. The third-order valence-electron chi connectivity index (χ3n) is 2.84. The van der Waals surface area contributed by atoms with Crippen LogP contribution in [0.3, 0.4) is 0 Å². The van der Waals surface area contributed by atoms with Crippen molar-refractivity contribution in [1.29, 1.82) is 0 Å². The fourth-order valence-electron chi connectivity index (χ4n) is 1.75. The van der Waals surface area contributed by atoms with Crippen LogP contribution in [0.25, 0.3) is 0 Å². The summed E-state index contributed by atoms with van der Waals surface area (Å²) < 4.78 is 13.6. The molecule has 2 rings (SSSR count). The monoisotopic (exact) mass is 371 g/mol. The molecule has 3 N–H and O–H groups in total. The number of hydrazine groups is 1. The molecule has 0 spiro atoms. The van der Waals surface area contributed by atoms with Gasteiger partial charge in [0.25, 0.3) is 0 Å². The van der Waals surface area contributed by atoms with E-state index in [9.17, 15) is 9.18 Å². The van der Waals surface area contributed by atoms with Gasteiger partial charge in [-0.3, -0.25) is 15.6 Å². The van der Waals surface area contributed by atoms with Gasteiger partial charge in [-0.2, -0.15) is 0 Å². The summed E-state index contributed by atoms with van der Waals surface area (Å²) in [4.78, 5) is 11.8. The van der Waals surface area contributed by atoms with Crippen LogP contribution in [0.5, 0.6) is 0 Å². The van der Waals surface area contributed by atoms with E-state index in [2.05, 4.69) is 16.2 Å². The van der Waals surface area contributed by atoms with Crippen LogP contribution < -0.4 is 16.2 Å². The number of hydrogen-bond donors (Lipinski definition) is 3. The summed E-state index contributed by atoms with van der Waals surface area (Å²) in [5.74, 6) is -1.02. The Labute approximate surface area is 147 Å². The number of para-hydroxylation sites is 1. The first-order valence-electron chi connectivity index (χ1n) is 6.50. The molecule has 0 aliphatic carbocycles. The van der Waals surface area contributed by atoms with Crippen LogP contribution in [0.1, 0.15) is 5.56 Å². The summed E-state index contributed by atoms with van der Waals surface area (Å²) in [7, 11) is 0. The number of carbonyl (C=O) groups is 1. The van der Waals surface area contributed by atoms with Gasteiger partial charge in [0.1, 0.15) is 5.82 Å². The van der Waals surface area contributed by atoms with Crippen molar-refractivity contribution >= 4 is 52.1 Å². The van der Waals surface area contributed by atoms with Gasteiger partial charge in [-0.15, -0.1) is 0 Å². The van der Waals surface area contributed by atoms with Gasteiger partial charge in [-0.25, -0.2) is 4.39 Å². The van der Waals surface area contributed by atoms with E-state index >= 15 is 0 Å². The molecule has 0 aliphatic rings. The average molecular weight is 372 g/mol. The highest BCUT2D eigenvalue weighted by Crippen LogP contribution is 2.20. The molecule has 0 aliphatic heterocycles. The molecule has 0 bridgehead atoms. The molecule has 0 aromatic heterocycles. The highest BCUT2D eigenvalue weighted by molar-refractivity contribution is 7.80. The standard InChI is InChI=1S/C15H12Cl2FN3OS/c16-10-5-3-6-12(18)9(10)8-14(22)20-21-15(23)19-13-7-2-1-4-11(13)17/h1-7H,8H2,(H,20,22)(H2,19,21,23). The third-order valence-corrected chi connectivity index (χ3v) is 3.72. The zero-order chi connectivity index (χ0) is 16.8. The van der Waals surface area contributed by atoms with E-state index in [1.165, 1.54) is 18.2 Å². The second kappa shape index (κ2) is 8.10. The molecule has 120 valence electrons. The van der Waals surface area contributed by atoms with E-state index in [-0.39, 0.29) is 22.1 Å².